The van der Waals surface area contributed by atoms with Crippen LogP contribution in [-0.4, -0.2) is 19.1 Å². The highest BCUT2D eigenvalue weighted by molar-refractivity contribution is 5.73. The Morgan fingerprint density at radius 2 is 1.82 bits per heavy atom. The van der Waals surface area contributed by atoms with Crippen molar-refractivity contribution in [3.8, 4) is 11.1 Å². The van der Waals surface area contributed by atoms with Gasteiger partial charge in [-0.1, -0.05) is 29.8 Å². The maximum absolute atomic E-state index is 3.74. The molecule has 1 saturated heterocycles. The number of nitrogens with one attached hydrogen (secondary N) is 2. The Labute approximate surface area is 132 Å². The Morgan fingerprint density at radius 3 is 2.68 bits per heavy atom. The average Bonchev–Trinajstić information content (AvgIpc) is 2.68. The standard InChI is InChI=1S/C20H24N2/c1-13-3-5-16(14(2)11-13)15-4-6-19-18(12-15)17-7-9-21-10-8-20(17)22-19/h3-6,11-12,17,20-22H,7-10H2,1-2H3. The Bertz CT molecular complexity index is 705. The molecule has 2 nitrogen and oxygen atoms in total. The molecule has 0 aromatic heterocycles. The van der Waals surface area contributed by atoms with Crippen molar-refractivity contribution in [1.82, 2.24) is 5.32 Å². The first kappa shape index (κ1) is 13.8. The van der Waals surface area contributed by atoms with Crippen LogP contribution in [0.3, 0.4) is 0 Å². The van der Waals surface area contributed by atoms with E-state index in [1.807, 2.05) is 0 Å². The van der Waals surface area contributed by atoms with Gasteiger partial charge in [0.2, 0.25) is 0 Å². The first-order chi connectivity index (χ1) is 10.7. The summed E-state index contributed by atoms with van der Waals surface area (Å²) in [6, 6.07) is 14.3. The second-order valence-electron chi connectivity index (χ2n) is 6.81. The molecule has 0 aliphatic carbocycles. The minimum Gasteiger partial charge on any atom is -0.381 e. The van der Waals surface area contributed by atoms with Gasteiger partial charge in [-0.25, -0.2) is 0 Å². The number of hydrogen-bond acceptors (Lipinski definition) is 2. The Morgan fingerprint density at radius 1 is 0.955 bits per heavy atom. The predicted molar refractivity (Wildman–Crippen MR) is 93.6 cm³/mol. The number of anilines is 1. The fourth-order valence-corrected chi connectivity index (χ4v) is 4.09. The van der Waals surface area contributed by atoms with E-state index in [4.69, 9.17) is 0 Å². The third-order valence-electron chi connectivity index (χ3n) is 5.23. The fourth-order valence-electron chi connectivity index (χ4n) is 4.09. The summed E-state index contributed by atoms with van der Waals surface area (Å²) >= 11 is 0. The summed E-state index contributed by atoms with van der Waals surface area (Å²) in [4.78, 5) is 0. The molecule has 2 heterocycles. The van der Waals surface area contributed by atoms with E-state index in [-0.39, 0.29) is 0 Å². The summed E-state index contributed by atoms with van der Waals surface area (Å²) < 4.78 is 0. The molecule has 22 heavy (non-hydrogen) atoms. The van der Waals surface area contributed by atoms with Gasteiger partial charge in [-0.15, -0.1) is 0 Å². The zero-order chi connectivity index (χ0) is 15.1. The van der Waals surface area contributed by atoms with Gasteiger partial charge in [0.25, 0.3) is 0 Å². The Kier molecular flexibility index (Phi) is 3.42. The van der Waals surface area contributed by atoms with Gasteiger partial charge >= 0.3 is 0 Å². The zero-order valence-electron chi connectivity index (χ0n) is 13.4. The van der Waals surface area contributed by atoms with Gasteiger partial charge in [0, 0.05) is 17.6 Å². The van der Waals surface area contributed by atoms with Gasteiger partial charge in [-0.2, -0.15) is 0 Å². The number of aryl methyl sites for hydroxylation is 2. The average molecular weight is 292 g/mol. The van der Waals surface area contributed by atoms with Crippen molar-refractivity contribution >= 4 is 5.69 Å². The molecule has 2 aliphatic heterocycles. The molecule has 114 valence electrons. The van der Waals surface area contributed by atoms with Gasteiger partial charge in [-0.05, 0) is 74.2 Å². The van der Waals surface area contributed by atoms with Crippen molar-refractivity contribution in [2.45, 2.75) is 38.6 Å². The molecule has 0 radical (unpaired) electrons. The molecule has 2 heteroatoms. The summed E-state index contributed by atoms with van der Waals surface area (Å²) in [6.07, 6.45) is 2.46. The quantitative estimate of drug-likeness (QED) is 0.822. The smallest absolute Gasteiger partial charge is 0.0379 e. The predicted octanol–water partition coefficient (Wildman–Crippen LogP) is 4.23. The van der Waals surface area contributed by atoms with E-state index in [0.717, 1.165) is 13.1 Å². The fraction of sp³-hybridized carbons (Fsp3) is 0.400. The van der Waals surface area contributed by atoms with Gasteiger partial charge in [0.1, 0.15) is 0 Å². The van der Waals surface area contributed by atoms with Crippen molar-refractivity contribution < 1.29 is 0 Å². The third kappa shape index (κ3) is 2.32. The highest BCUT2D eigenvalue weighted by Crippen LogP contribution is 2.42. The van der Waals surface area contributed by atoms with Crippen LogP contribution in [0.4, 0.5) is 5.69 Å². The molecule has 2 N–H and O–H groups in total. The maximum atomic E-state index is 3.74. The van der Waals surface area contributed by atoms with Crippen molar-refractivity contribution in [2.75, 3.05) is 18.4 Å². The third-order valence-corrected chi connectivity index (χ3v) is 5.23. The van der Waals surface area contributed by atoms with E-state index in [1.54, 1.807) is 0 Å². The molecule has 0 bridgehead atoms. The molecule has 0 saturated carbocycles. The molecule has 2 aromatic carbocycles. The van der Waals surface area contributed by atoms with Gasteiger partial charge in [0.15, 0.2) is 0 Å². The second kappa shape index (κ2) is 5.44. The summed E-state index contributed by atoms with van der Waals surface area (Å²) in [5.74, 6) is 0.663. The topological polar surface area (TPSA) is 24.1 Å². The van der Waals surface area contributed by atoms with Crippen molar-refractivity contribution in [3.05, 3.63) is 53.1 Å². The van der Waals surface area contributed by atoms with Crippen LogP contribution < -0.4 is 10.6 Å². The van der Waals surface area contributed by atoms with Crippen LogP contribution in [0, 0.1) is 13.8 Å². The summed E-state index contributed by atoms with van der Waals surface area (Å²) in [6.45, 7) is 6.64. The lowest BCUT2D eigenvalue weighted by molar-refractivity contribution is 0.578. The van der Waals surface area contributed by atoms with Gasteiger partial charge < -0.3 is 10.6 Å². The number of hydrogen-bond donors (Lipinski definition) is 2. The van der Waals surface area contributed by atoms with Crippen LogP contribution in [0.25, 0.3) is 11.1 Å². The van der Waals surface area contributed by atoms with Gasteiger partial charge in [0.05, 0.1) is 0 Å². The van der Waals surface area contributed by atoms with Crippen LogP contribution in [-0.2, 0) is 0 Å². The van der Waals surface area contributed by atoms with Crippen LogP contribution >= 0.6 is 0 Å². The molecule has 2 aromatic rings. The zero-order valence-corrected chi connectivity index (χ0v) is 13.4. The normalized spacial score (nSPS) is 23.4. The van der Waals surface area contributed by atoms with Crippen molar-refractivity contribution in [3.63, 3.8) is 0 Å². The van der Waals surface area contributed by atoms with Crippen LogP contribution in [0.2, 0.25) is 0 Å². The first-order valence-corrected chi connectivity index (χ1v) is 8.41. The lowest BCUT2D eigenvalue weighted by Crippen LogP contribution is -2.21. The maximum Gasteiger partial charge on any atom is 0.0379 e. The van der Waals surface area contributed by atoms with E-state index in [0.29, 0.717) is 12.0 Å². The molecule has 2 aliphatic rings. The van der Waals surface area contributed by atoms with E-state index < -0.39 is 0 Å². The second-order valence-corrected chi connectivity index (χ2v) is 6.81. The van der Waals surface area contributed by atoms with E-state index in [9.17, 15) is 0 Å². The molecule has 0 amide bonds. The molecule has 0 spiro atoms. The van der Waals surface area contributed by atoms with Gasteiger partial charge in [-0.3, -0.25) is 0 Å². The highest BCUT2D eigenvalue weighted by Gasteiger charge is 2.32. The van der Waals surface area contributed by atoms with E-state index in [2.05, 4.69) is 60.9 Å². The number of fused-ring (bicyclic) bond motifs is 3. The van der Waals surface area contributed by atoms with Crippen molar-refractivity contribution in [1.29, 1.82) is 0 Å². The number of benzene rings is 2. The minimum atomic E-state index is 0.611. The summed E-state index contributed by atoms with van der Waals surface area (Å²) in [5, 5.41) is 7.27. The van der Waals surface area contributed by atoms with Crippen molar-refractivity contribution in [2.24, 2.45) is 0 Å². The van der Waals surface area contributed by atoms with E-state index >= 15 is 0 Å². The number of rotatable bonds is 1. The molecule has 1 fully saturated rings. The Balaban J connectivity index is 1.74. The lowest BCUT2D eigenvalue weighted by atomic mass is 9.88. The van der Waals surface area contributed by atoms with Crippen LogP contribution in [0.15, 0.2) is 36.4 Å². The monoisotopic (exact) mass is 292 g/mol. The van der Waals surface area contributed by atoms with Crippen LogP contribution in [0.5, 0.6) is 0 Å². The largest absolute Gasteiger partial charge is 0.381 e. The lowest BCUT2D eigenvalue weighted by Gasteiger charge is -2.16. The highest BCUT2D eigenvalue weighted by atomic mass is 15.0. The molecule has 2 atom stereocenters. The Hall–Kier alpha value is -1.80. The summed E-state index contributed by atoms with van der Waals surface area (Å²) in [5.41, 5.74) is 8.29. The first-order valence-electron chi connectivity index (χ1n) is 8.41. The molecular formula is C20H24N2. The summed E-state index contributed by atoms with van der Waals surface area (Å²) in [7, 11) is 0. The molecule has 4 rings (SSSR count). The molecule has 2 unspecified atom stereocenters. The van der Waals surface area contributed by atoms with E-state index in [1.165, 1.54) is 46.3 Å². The minimum absolute atomic E-state index is 0.611. The van der Waals surface area contributed by atoms with Crippen LogP contribution in [0.1, 0.15) is 35.4 Å². The SMILES string of the molecule is Cc1ccc(-c2ccc3c(c2)C2CCNCCC2N3)c(C)c1. The molecular weight excluding hydrogens is 268 g/mol.